The SMILES string of the molecule is NC1CCCC1NC(=O)c1cnn2ccncc12. The first-order valence-electron chi connectivity index (χ1n) is 6.09. The molecule has 6 heteroatoms. The first-order valence-corrected chi connectivity index (χ1v) is 6.09. The summed E-state index contributed by atoms with van der Waals surface area (Å²) < 4.78 is 1.64. The van der Waals surface area contributed by atoms with Crippen LogP contribution >= 0.6 is 0 Å². The Kier molecular flexibility index (Phi) is 2.71. The summed E-state index contributed by atoms with van der Waals surface area (Å²) in [6.07, 6.45) is 9.54. The second-order valence-corrected chi connectivity index (χ2v) is 4.64. The molecule has 2 unspecified atom stereocenters. The zero-order chi connectivity index (χ0) is 12.5. The summed E-state index contributed by atoms with van der Waals surface area (Å²) >= 11 is 0. The van der Waals surface area contributed by atoms with Crippen molar-refractivity contribution in [3.8, 4) is 0 Å². The Morgan fingerprint density at radius 2 is 2.33 bits per heavy atom. The molecule has 0 bridgehead atoms. The summed E-state index contributed by atoms with van der Waals surface area (Å²) in [4.78, 5) is 16.2. The molecular weight excluding hydrogens is 230 g/mol. The molecule has 1 fully saturated rings. The number of carbonyl (C=O) groups is 1. The lowest BCUT2D eigenvalue weighted by Gasteiger charge is -2.16. The van der Waals surface area contributed by atoms with Crippen molar-refractivity contribution in [1.29, 1.82) is 0 Å². The smallest absolute Gasteiger partial charge is 0.255 e. The first-order chi connectivity index (χ1) is 8.75. The van der Waals surface area contributed by atoms with E-state index in [1.54, 1.807) is 29.3 Å². The molecule has 1 amide bonds. The molecule has 1 aliphatic carbocycles. The third-order valence-electron chi connectivity index (χ3n) is 3.46. The molecular formula is C12H15N5O. The predicted octanol–water partition coefficient (Wildman–Crippen LogP) is 0.339. The Morgan fingerprint density at radius 1 is 1.44 bits per heavy atom. The maximum absolute atomic E-state index is 12.2. The fourth-order valence-corrected chi connectivity index (χ4v) is 2.42. The van der Waals surface area contributed by atoms with Crippen LogP contribution in [0.2, 0.25) is 0 Å². The van der Waals surface area contributed by atoms with Crippen molar-refractivity contribution in [3.05, 3.63) is 30.4 Å². The van der Waals surface area contributed by atoms with Crippen LogP contribution in [0, 0.1) is 0 Å². The molecule has 18 heavy (non-hydrogen) atoms. The van der Waals surface area contributed by atoms with Crippen LogP contribution in [0.1, 0.15) is 29.6 Å². The number of carbonyl (C=O) groups excluding carboxylic acids is 1. The second kappa shape index (κ2) is 4.38. The zero-order valence-corrected chi connectivity index (χ0v) is 9.91. The van der Waals surface area contributed by atoms with E-state index in [0.717, 1.165) is 19.3 Å². The molecule has 3 N–H and O–H groups in total. The molecule has 6 nitrogen and oxygen atoms in total. The van der Waals surface area contributed by atoms with Crippen molar-refractivity contribution in [2.75, 3.05) is 0 Å². The highest BCUT2D eigenvalue weighted by atomic mass is 16.1. The summed E-state index contributed by atoms with van der Waals surface area (Å²) in [6, 6.07) is 0.137. The minimum absolute atomic E-state index is 0.0638. The number of nitrogens with two attached hydrogens (primary N) is 1. The van der Waals surface area contributed by atoms with Crippen LogP contribution in [0.3, 0.4) is 0 Å². The van der Waals surface area contributed by atoms with Crippen molar-refractivity contribution >= 4 is 11.4 Å². The number of rotatable bonds is 2. The highest BCUT2D eigenvalue weighted by molar-refractivity contribution is 6.00. The topological polar surface area (TPSA) is 85.3 Å². The summed E-state index contributed by atoms with van der Waals surface area (Å²) in [5, 5.41) is 7.10. The standard InChI is InChI=1S/C12H15N5O/c13-9-2-1-3-10(9)16-12(18)8-6-15-17-5-4-14-7-11(8)17/h4-7,9-10H,1-3,13H2,(H,16,18). The number of amides is 1. The van der Waals surface area contributed by atoms with Gasteiger partial charge in [0.15, 0.2) is 0 Å². The summed E-state index contributed by atoms with van der Waals surface area (Å²) in [6.45, 7) is 0. The number of hydrogen-bond acceptors (Lipinski definition) is 4. The fourth-order valence-electron chi connectivity index (χ4n) is 2.42. The second-order valence-electron chi connectivity index (χ2n) is 4.64. The van der Waals surface area contributed by atoms with Gasteiger partial charge in [-0.2, -0.15) is 5.10 Å². The third kappa shape index (κ3) is 1.84. The van der Waals surface area contributed by atoms with Crippen molar-refractivity contribution in [2.24, 2.45) is 5.73 Å². The van der Waals surface area contributed by atoms with Gasteiger partial charge in [-0.1, -0.05) is 0 Å². The number of nitrogens with zero attached hydrogens (tertiary/aromatic N) is 3. The summed E-state index contributed by atoms with van der Waals surface area (Å²) in [5.74, 6) is -0.125. The van der Waals surface area contributed by atoms with Gasteiger partial charge in [0.25, 0.3) is 5.91 Å². The van der Waals surface area contributed by atoms with Crippen molar-refractivity contribution in [2.45, 2.75) is 31.3 Å². The minimum Gasteiger partial charge on any atom is -0.348 e. The average Bonchev–Trinajstić information content (AvgIpc) is 2.96. The van der Waals surface area contributed by atoms with E-state index in [1.807, 2.05) is 0 Å². The van der Waals surface area contributed by atoms with E-state index in [4.69, 9.17) is 5.73 Å². The van der Waals surface area contributed by atoms with E-state index in [9.17, 15) is 4.79 Å². The molecule has 0 saturated heterocycles. The Labute approximate surface area is 104 Å². The van der Waals surface area contributed by atoms with E-state index < -0.39 is 0 Å². The molecule has 0 aromatic carbocycles. The van der Waals surface area contributed by atoms with Gasteiger partial charge in [0.2, 0.25) is 0 Å². The van der Waals surface area contributed by atoms with Crippen LogP contribution in [0.25, 0.3) is 5.52 Å². The van der Waals surface area contributed by atoms with Gasteiger partial charge in [-0.05, 0) is 19.3 Å². The molecule has 1 saturated carbocycles. The molecule has 1 aliphatic rings. The number of hydrogen-bond donors (Lipinski definition) is 2. The fraction of sp³-hybridized carbons (Fsp3) is 0.417. The predicted molar refractivity (Wildman–Crippen MR) is 66.1 cm³/mol. The normalized spacial score (nSPS) is 23.4. The molecule has 2 atom stereocenters. The van der Waals surface area contributed by atoms with Crippen molar-refractivity contribution < 1.29 is 4.79 Å². The van der Waals surface area contributed by atoms with Crippen LogP contribution in [0.15, 0.2) is 24.8 Å². The monoisotopic (exact) mass is 245 g/mol. The molecule has 0 spiro atoms. The van der Waals surface area contributed by atoms with Crippen LogP contribution < -0.4 is 11.1 Å². The quantitative estimate of drug-likeness (QED) is 0.799. The van der Waals surface area contributed by atoms with Gasteiger partial charge in [-0.15, -0.1) is 0 Å². The van der Waals surface area contributed by atoms with Gasteiger partial charge in [0.1, 0.15) is 0 Å². The lowest BCUT2D eigenvalue weighted by Crippen LogP contribution is -2.43. The molecule has 94 valence electrons. The van der Waals surface area contributed by atoms with Gasteiger partial charge in [0, 0.05) is 24.5 Å². The van der Waals surface area contributed by atoms with Crippen LogP contribution in [0.5, 0.6) is 0 Å². The number of fused-ring (bicyclic) bond motifs is 1. The summed E-state index contributed by atoms with van der Waals surface area (Å²) in [5.41, 5.74) is 7.20. The van der Waals surface area contributed by atoms with Crippen LogP contribution in [0.4, 0.5) is 0 Å². The highest BCUT2D eigenvalue weighted by Gasteiger charge is 2.26. The molecule has 3 rings (SSSR count). The molecule has 2 aromatic rings. The Morgan fingerprint density at radius 3 is 3.11 bits per heavy atom. The molecule has 0 aliphatic heterocycles. The maximum atomic E-state index is 12.2. The van der Waals surface area contributed by atoms with E-state index in [2.05, 4.69) is 15.4 Å². The number of nitrogens with one attached hydrogen (secondary N) is 1. The van der Waals surface area contributed by atoms with Gasteiger partial charge in [0.05, 0.1) is 23.5 Å². The van der Waals surface area contributed by atoms with Gasteiger partial charge >= 0.3 is 0 Å². The van der Waals surface area contributed by atoms with Crippen molar-refractivity contribution in [1.82, 2.24) is 19.9 Å². The van der Waals surface area contributed by atoms with E-state index in [0.29, 0.717) is 11.1 Å². The number of aromatic nitrogens is 3. The summed E-state index contributed by atoms with van der Waals surface area (Å²) in [7, 11) is 0. The van der Waals surface area contributed by atoms with E-state index >= 15 is 0 Å². The lowest BCUT2D eigenvalue weighted by molar-refractivity contribution is 0.0936. The first kappa shape index (κ1) is 11.2. The van der Waals surface area contributed by atoms with Crippen molar-refractivity contribution in [3.63, 3.8) is 0 Å². The molecule has 2 heterocycles. The Balaban J connectivity index is 1.84. The molecule has 2 aromatic heterocycles. The van der Waals surface area contributed by atoms with Gasteiger partial charge < -0.3 is 11.1 Å². The lowest BCUT2D eigenvalue weighted by atomic mass is 10.1. The molecule has 0 radical (unpaired) electrons. The van der Waals surface area contributed by atoms with Gasteiger partial charge in [-0.25, -0.2) is 4.52 Å². The maximum Gasteiger partial charge on any atom is 0.255 e. The van der Waals surface area contributed by atoms with Gasteiger partial charge in [-0.3, -0.25) is 9.78 Å². The zero-order valence-electron chi connectivity index (χ0n) is 9.91. The highest BCUT2D eigenvalue weighted by Crippen LogP contribution is 2.18. The largest absolute Gasteiger partial charge is 0.348 e. The minimum atomic E-state index is -0.125. The van der Waals surface area contributed by atoms with Crippen LogP contribution in [-0.2, 0) is 0 Å². The van der Waals surface area contributed by atoms with Crippen LogP contribution in [-0.4, -0.2) is 32.6 Å². The third-order valence-corrected chi connectivity index (χ3v) is 3.46. The Bertz CT molecular complexity index is 579. The average molecular weight is 245 g/mol. The van der Waals surface area contributed by atoms with E-state index in [1.165, 1.54) is 0 Å². The Hall–Kier alpha value is -1.95. The van der Waals surface area contributed by atoms with E-state index in [-0.39, 0.29) is 18.0 Å².